The third kappa shape index (κ3) is 2.01. The van der Waals surface area contributed by atoms with Crippen LogP contribution >= 0.6 is 22.6 Å². The number of ether oxygens (including phenoxy) is 2. The smallest absolute Gasteiger partial charge is 0.251 e. The molecule has 1 saturated carbocycles. The summed E-state index contributed by atoms with van der Waals surface area (Å²) in [5.41, 5.74) is 0.879. The summed E-state index contributed by atoms with van der Waals surface area (Å²) in [4.78, 5) is 0. The van der Waals surface area contributed by atoms with E-state index in [1.54, 1.807) is 0 Å². The van der Waals surface area contributed by atoms with Crippen LogP contribution in [0.3, 0.4) is 0 Å². The van der Waals surface area contributed by atoms with Gasteiger partial charge in [0.05, 0.1) is 10.2 Å². The zero-order valence-corrected chi connectivity index (χ0v) is 11.7. The second kappa shape index (κ2) is 4.31. The Kier molecular flexibility index (Phi) is 2.94. The molecular formula is C13H15IO3. The Bertz CT molecular complexity index is 439. The molecule has 1 spiro atoms. The molecule has 0 radical (unpaired) electrons. The molecule has 0 amide bonds. The van der Waals surface area contributed by atoms with E-state index in [1.165, 1.54) is 6.42 Å². The zero-order valence-electron chi connectivity index (χ0n) is 9.54. The molecule has 0 unspecified atom stereocenters. The SMILES string of the molecule is OCc1cc(I)c2c(c1)OC1(CCCCC1)O2. The molecule has 0 bridgehead atoms. The third-order valence-corrected chi connectivity index (χ3v) is 4.25. The minimum Gasteiger partial charge on any atom is -0.448 e. The van der Waals surface area contributed by atoms with Crippen LogP contribution in [0.2, 0.25) is 0 Å². The lowest BCUT2D eigenvalue weighted by molar-refractivity contribution is -0.105. The van der Waals surface area contributed by atoms with Crippen molar-refractivity contribution in [2.45, 2.75) is 44.5 Å². The summed E-state index contributed by atoms with van der Waals surface area (Å²) in [6.07, 6.45) is 5.52. The number of rotatable bonds is 1. The summed E-state index contributed by atoms with van der Waals surface area (Å²) in [6.45, 7) is 0.0413. The zero-order chi connectivity index (χ0) is 11.9. The van der Waals surface area contributed by atoms with E-state index in [4.69, 9.17) is 9.47 Å². The van der Waals surface area contributed by atoms with Gasteiger partial charge in [0.1, 0.15) is 0 Å². The summed E-state index contributed by atoms with van der Waals surface area (Å²) < 4.78 is 13.1. The highest BCUT2D eigenvalue weighted by Crippen LogP contribution is 2.48. The molecule has 1 aliphatic heterocycles. The van der Waals surface area contributed by atoms with Gasteiger partial charge in [-0.1, -0.05) is 6.42 Å². The van der Waals surface area contributed by atoms with Crippen LogP contribution in [0.25, 0.3) is 0 Å². The molecule has 1 aromatic carbocycles. The van der Waals surface area contributed by atoms with Crippen molar-refractivity contribution in [2.24, 2.45) is 0 Å². The number of benzene rings is 1. The van der Waals surface area contributed by atoms with Crippen LogP contribution in [0.5, 0.6) is 11.5 Å². The lowest BCUT2D eigenvalue weighted by Crippen LogP contribution is -2.40. The second-order valence-corrected chi connectivity index (χ2v) is 5.90. The van der Waals surface area contributed by atoms with E-state index in [2.05, 4.69) is 22.6 Å². The molecule has 1 fully saturated rings. The standard InChI is InChI=1S/C13H15IO3/c14-10-6-9(8-15)7-11-12(10)17-13(16-11)4-2-1-3-5-13/h6-7,15H,1-5,8H2. The van der Waals surface area contributed by atoms with Gasteiger partial charge in [0.15, 0.2) is 11.5 Å². The van der Waals surface area contributed by atoms with Gasteiger partial charge in [-0.3, -0.25) is 0 Å². The number of fused-ring (bicyclic) bond motifs is 1. The maximum Gasteiger partial charge on any atom is 0.251 e. The van der Waals surface area contributed by atoms with Crippen molar-refractivity contribution in [3.05, 3.63) is 21.3 Å². The largest absolute Gasteiger partial charge is 0.448 e. The lowest BCUT2D eigenvalue weighted by atomic mass is 9.94. The fourth-order valence-corrected chi connectivity index (χ4v) is 3.37. The van der Waals surface area contributed by atoms with Crippen molar-refractivity contribution in [1.29, 1.82) is 0 Å². The minimum absolute atomic E-state index is 0.0413. The molecule has 2 aliphatic rings. The molecule has 4 heteroatoms. The Balaban J connectivity index is 1.94. The molecule has 1 aromatic rings. The van der Waals surface area contributed by atoms with E-state index in [-0.39, 0.29) is 6.61 Å². The predicted molar refractivity (Wildman–Crippen MR) is 72.2 cm³/mol. The number of hydrogen-bond donors (Lipinski definition) is 1. The van der Waals surface area contributed by atoms with Crippen LogP contribution in [0, 0.1) is 3.57 Å². The molecule has 1 N–H and O–H groups in total. The quantitative estimate of drug-likeness (QED) is 0.794. The van der Waals surface area contributed by atoms with E-state index in [1.807, 2.05) is 12.1 Å². The first-order valence-corrected chi connectivity index (χ1v) is 7.12. The van der Waals surface area contributed by atoms with Gasteiger partial charge in [0.25, 0.3) is 5.79 Å². The van der Waals surface area contributed by atoms with E-state index in [0.717, 1.165) is 46.3 Å². The van der Waals surface area contributed by atoms with Gasteiger partial charge in [-0.05, 0) is 53.1 Å². The van der Waals surface area contributed by atoms with Crippen molar-refractivity contribution in [2.75, 3.05) is 0 Å². The maximum atomic E-state index is 9.20. The predicted octanol–water partition coefficient (Wildman–Crippen LogP) is 3.22. The van der Waals surface area contributed by atoms with Crippen LogP contribution in [0.4, 0.5) is 0 Å². The summed E-state index contributed by atoms with van der Waals surface area (Å²) >= 11 is 2.24. The lowest BCUT2D eigenvalue weighted by Gasteiger charge is -2.31. The van der Waals surface area contributed by atoms with Gasteiger partial charge >= 0.3 is 0 Å². The topological polar surface area (TPSA) is 38.7 Å². The summed E-state index contributed by atoms with van der Waals surface area (Å²) in [5.74, 6) is 1.22. The van der Waals surface area contributed by atoms with Gasteiger partial charge in [-0.15, -0.1) is 0 Å². The van der Waals surface area contributed by atoms with E-state index in [0.29, 0.717) is 0 Å². The van der Waals surface area contributed by atoms with E-state index in [9.17, 15) is 5.11 Å². The van der Waals surface area contributed by atoms with Gasteiger partial charge < -0.3 is 14.6 Å². The van der Waals surface area contributed by atoms with Crippen LogP contribution in [0.15, 0.2) is 12.1 Å². The Morgan fingerprint density at radius 1 is 1.18 bits per heavy atom. The summed E-state index contributed by atoms with van der Waals surface area (Å²) in [6, 6.07) is 3.84. The molecule has 92 valence electrons. The normalized spacial score (nSPS) is 20.8. The van der Waals surface area contributed by atoms with Gasteiger partial charge in [0.2, 0.25) is 0 Å². The molecule has 1 heterocycles. The molecule has 0 aromatic heterocycles. The Labute approximate surface area is 114 Å². The first-order valence-electron chi connectivity index (χ1n) is 6.04. The molecule has 0 atom stereocenters. The fraction of sp³-hybridized carbons (Fsp3) is 0.538. The highest BCUT2D eigenvalue weighted by atomic mass is 127. The van der Waals surface area contributed by atoms with Gasteiger partial charge in [-0.2, -0.15) is 0 Å². The summed E-state index contributed by atoms with van der Waals surface area (Å²) in [5, 5.41) is 9.20. The number of hydrogen-bond acceptors (Lipinski definition) is 3. The monoisotopic (exact) mass is 346 g/mol. The maximum absolute atomic E-state index is 9.20. The molecule has 3 nitrogen and oxygen atoms in total. The summed E-state index contributed by atoms with van der Waals surface area (Å²) in [7, 11) is 0. The van der Waals surface area contributed by atoms with Crippen molar-refractivity contribution in [3.8, 4) is 11.5 Å². The molecule has 17 heavy (non-hydrogen) atoms. The molecule has 1 aliphatic carbocycles. The molecule has 0 saturated heterocycles. The molecular weight excluding hydrogens is 331 g/mol. The van der Waals surface area contributed by atoms with Crippen LogP contribution in [-0.2, 0) is 6.61 Å². The van der Waals surface area contributed by atoms with Gasteiger partial charge in [-0.25, -0.2) is 0 Å². The van der Waals surface area contributed by atoms with Crippen molar-refractivity contribution in [1.82, 2.24) is 0 Å². The average Bonchev–Trinajstić information content (AvgIpc) is 2.68. The van der Waals surface area contributed by atoms with Crippen molar-refractivity contribution in [3.63, 3.8) is 0 Å². The Morgan fingerprint density at radius 3 is 2.65 bits per heavy atom. The fourth-order valence-electron chi connectivity index (χ4n) is 2.59. The molecule has 3 rings (SSSR count). The van der Waals surface area contributed by atoms with Crippen molar-refractivity contribution < 1.29 is 14.6 Å². The van der Waals surface area contributed by atoms with Gasteiger partial charge in [0, 0.05) is 12.8 Å². The average molecular weight is 346 g/mol. The first kappa shape index (κ1) is 11.6. The Hall–Kier alpha value is -0.490. The van der Waals surface area contributed by atoms with Crippen LogP contribution in [0.1, 0.15) is 37.7 Å². The van der Waals surface area contributed by atoms with E-state index < -0.39 is 5.79 Å². The third-order valence-electron chi connectivity index (χ3n) is 3.45. The highest BCUT2D eigenvalue weighted by molar-refractivity contribution is 14.1. The van der Waals surface area contributed by atoms with Crippen LogP contribution < -0.4 is 9.47 Å². The number of halogens is 1. The minimum atomic E-state index is -0.422. The number of aliphatic hydroxyl groups excluding tert-OH is 1. The van der Waals surface area contributed by atoms with E-state index >= 15 is 0 Å². The number of aliphatic hydroxyl groups is 1. The van der Waals surface area contributed by atoms with Crippen LogP contribution in [-0.4, -0.2) is 10.9 Å². The Morgan fingerprint density at radius 2 is 1.94 bits per heavy atom. The van der Waals surface area contributed by atoms with Crippen molar-refractivity contribution >= 4 is 22.6 Å². The first-order chi connectivity index (χ1) is 8.22. The second-order valence-electron chi connectivity index (χ2n) is 4.74. The highest BCUT2D eigenvalue weighted by Gasteiger charge is 2.43.